The van der Waals surface area contributed by atoms with E-state index in [0.29, 0.717) is 16.6 Å². The van der Waals surface area contributed by atoms with Crippen LogP contribution in [0.2, 0.25) is 5.02 Å². The van der Waals surface area contributed by atoms with E-state index in [1.54, 1.807) is 12.1 Å². The maximum absolute atomic E-state index is 12.1. The summed E-state index contributed by atoms with van der Waals surface area (Å²) in [6.07, 6.45) is 1.01. The van der Waals surface area contributed by atoms with Gasteiger partial charge in [0.05, 0.1) is 10.6 Å². The molecule has 1 saturated heterocycles. The van der Waals surface area contributed by atoms with Gasteiger partial charge in [-0.1, -0.05) is 23.7 Å². The zero-order chi connectivity index (χ0) is 11.5. The summed E-state index contributed by atoms with van der Waals surface area (Å²) in [5.74, 6) is 0.0309. The van der Waals surface area contributed by atoms with Gasteiger partial charge in [-0.05, 0) is 25.6 Å². The molecule has 0 spiro atoms. The molecule has 5 heteroatoms. The van der Waals surface area contributed by atoms with Gasteiger partial charge in [-0.25, -0.2) is 0 Å². The highest BCUT2D eigenvalue weighted by Gasteiger charge is 2.26. The monoisotopic (exact) mass is 274 g/mol. The molecule has 2 rings (SSSR count). The Hall–Kier alpha value is -0.770. The van der Waals surface area contributed by atoms with Crippen molar-refractivity contribution in [2.24, 2.45) is 0 Å². The Balaban J connectivity index is 0.00000144. The summed E-state index contributed by atoms with van der Waals surface area (Å²) in [5, 5.41) is 3.72. The SMILES string of the molecule is CN[C@@H]1CCN(C(=O)c2ccccc2Cl)C1.Cl. The van der Waals surface area contributed by atoms with Crippen molar-refractivity contribution in [2.45, 2.75) is 12.5 Å². The summed E-state index contributed by atoms with van der Waals surface area (Å²) in [5.41, 5.74) is 0.598. The lowest BCUT2D eigenvalue weighted by molar-refractivity contribution is 0.0790. The van der Waals surface area contributed by atoms with E-state index in [4.69, 9.17) is 11.6 Å². The van der Waals surface area contributed by atoms with Crippen molar-refractivity contribution in [3.05, 3.63) is 34.9 Å². The standard InChI is InChI=1S/C12H15ClN2O.ClH/c1-14-9-6-7-15(8-9)12(16)10-4-2-3-5-11(10)13;/h2-5,9,14H,6-8H2,1H3;1H/t9-;/m1./s1. The molecule has 1 aromatic carbocycles. The molecule has 3 nitrogen and oxygen atoms in total. The van der Waals surface area contributed by atoms with E-state index in [-0.39, 0.29) is 18.3 Å². The third-order valence-corrected chi connectivity index (χ3v) is 3.32. The number of benzene rings is 1. The van der Waals surface area contributed by atoms with Crippen LogP contribution in [0.5, 0.6) is 0 Å². The fourth-order valence-corrected chi connectivity index (χ4v) is 2.20. The fourth-order valence-electron chi connectivity index (χ4n) is 1.99. The van der Waals surface area contributed by atoms with Crippen LogP contribution in [0.4, 0.5) is 0 Å². The Kier molecular flexibility index (Phi) is 5.25. The molecule has 0 unspecified atom stereocenters. The Morgan fingerprint density at radius 3 is 2.76 bits per heavy atom. The van der Waals surface area contributed by atoms with Crippen LogP contribution in [0, 0.1) is 0 Å². The minimum absolute atomic E-state index is 0. The largest absolute Gasteiger partial charge is 0.337 e. The van der Waals surface area contributed by atoms with Crippen LogP contribution in [-0.2, 0) is 0 Å². The highest BCUT2D eigenvalue weighted by Crippen LogP contribution is 2.19. The smallest absolute Gasteiger partial charge is 0.255 e. The number of amides is 1. The molecule has 0 aromatic heterocycles. The highest BCUT2D eigenvalue weighted by molar-refractivity contribution is 6.33. The molecular weight excluding hydrogens is 259 g/mol. The summed E-state index contributed by atoms with van der Waals surface area (Å²) < 4.78 is 0. The van der Waals surface area contributed by atoms with Gasteiger partial charge in [0.15, 0.2) is 0 Å². The van der Waals surface area contributed by atoms with Gasteiger partial charge in [0, 0.05) is 19.1 Å². The zero-order valence-electron chi connectivity index (χ0n) is 9.65. The quantitative estimate of drug-likeness (QED) is 0.897. The normalized spacial score (nSPS) is 18.9. The lowest BCUT2D eigenvalue weighted by Crippen LogP contribution is -2.33. The first-order chi connectivity index (χ1) is 7.72. The first-order valence-corrected chi connectivity index (χ1v) is 5.81. The van der Waals surface area contributed by atoms with Crippen LogP contribution in [0.1, 0.15) is 16.8 Å². The fraction of sp³-hybridized carbons (Fsp3) is 0.417. The van der Waals surface area contributed by atoms with Crippen molar-refractivity contribution in [3.8, 4) is 0 Å². The zero-order valence-corrected chi connectivity index (χ0v) is 11.2. The van der Waals surface area contributed by atoms with Gasteiger partial charge in [0.25, 0.3) is 5.91 Å². The van der Waals surface area contributed by atoms with Gasteiger partial charge in [-0.2, -0.15) is 0 Å². The van der Waals surface area contributed by atoms with E-state index in [1.807, 2.05) is 24.1 Å². The van der Waals surface area contributed by atoms with Gasteiger partial charge >= 0.3 is 0 Å². The number of rotatable bonds is 2. The number of likely N-dealkylation sites (tertiary alicyclic amines) is 1. The number of nitrogens with zero attached hydrogens (tertiary/aromatic N) is 1. The van der Waals surface area contributed by atoms with Crippen molar-refractivity contribution >= 4 is 29.9 Å². The molecule has 94 valence electrons. The molecule has 1 aliphatic rings. The van der Waals surface area contributed by atoms with Crippen molar-refractivity contribution in [3.63, 3.8) is 0 Å². The molecule has 1 aromatic rings. The first-order valence-electron chi connectivity index (χ1n) is 5.43. The molecule has 0 radical (unpaired) electrons. The van der Waals surface area contributed by atoms with Crippen molar-refractivity contribution < 1.29 is 4.79 Å². The number of nitrogens with one attached hydrogen (secondary N) is 1. The molecule has 0 bridgehead atoms. The average Bonchev–Trinajstić information content (AvgIpc) is 2.77. The van der Waals surface area contributed by atoms with Crippen molar-refractivity contribution in [2.75, 3.05) is 20.1 Å². The Morgan fingerprint density at radius 2 is 2.18 bits per heavy atom. The third-order valence-electron chi connectivity index (χ3n) is 2.99. The second-order valence-electron chi connectivity index (χ2n) is 4.01. The topological polar surface area (TPSA) is 32.3 Å². The number of hydrogen-bond acceptors (Lipinski definition) is 2. The van der Waals surface area contributed by atoms with Crippen LogP contribution in [0.15, 0.2) is 24.3 Å². The van der Waals surface area contributed by atoms with Crippen molar-refractivity contribution in [1.29, 1.82) is 0 Å². The number of likely N-dealkylation sites (N-methyl/N-ethyl adjacent to an activating group) is 1. The number of carbonyl (C=O) groups is 1. The second-order valence-corrected chi connectivity index (χ2v) is 4.41. The van der Waals surface area contributed by atoms with Gasteiger partial charge in [-0.3, -0.25) is 4.79 Å². The van der Waals surface area contributed by atoms with Crippen LogP contribution in [0.25, 0.3) is 0 Å². The Labute approximate surface area is 113 Å². The van der Waals surface area contributed by atoms with Crippen LogP contribution in [-0.4, -0.2) is 37.0 Å². The number of hydrogen-bond donors (Lipinski definition) is 1. The highest BCUT2D eigenvalue weighted by atomic mass is 35.5. The third kappa shape index (κ3) is 3.12. The van der Waals surface area contributed by atoms with E-state index < -0.39 is 0 Å². The molecule has 1 amide bonds. The molecular formula is C12H16Cl2N2O. The van der Waals surface area contributed by atoms with Gasteiger partial charge < -0.3 is 10.2 Å². The summed E-state index contributed by atoms with van der Waals surface area (Å²) in [6.45, 7) is 1.57. The lowest BCUT2D eigenvalue weighted by Gasteiger charge is -2.17. The second kappa shape index (κ2) is 6.24. The van der Waals surface area contributed by atoms with E-state index in [0.717, 1.165) is 19.5 Å². The summed E-state index contributed by atoms with van der Waals surface area (Å²) in [4.78, 5) is 14.0. The molecule has 1 heterocycles. The van der Waals surface area contributed by atoms with Gasteiger partial charge in [0.1, 0.15) is 0 Å². The Morgan fingerprint density at radius 1 is 1.47 bits per heavy atom. The van der Waals surface area contributed by atoms with Gasteiger partial charge in [0.2, 0.25) is 0 Å². The summed E-state index contributed by atoms with van der Waals surface area (Å²) >= 11 is 6.00. The van der Waals surface area contributed by atoms with E-state index in [2.05, 4.69) is 5.32 Å². The number of carbonyl (C=O) groups excluding carboxylic acids is 1. The predicted octanol–water partition coefficient (Wildman–Crippen LogP) is 2.20. The van der Waals surface area contributed by atoms with Crippen LogP contribution >= 0.6 is 24.0 Å². The maximum Gasteiger partial charge on any atom is 0.255 e. The van der Waals surface area contributed by atoms with E-state index in [9.17, 15) is 4.79 Å². The summed E-state index contributed by atoms with van der Waals surface area (Å²) in [6, 6.07) is 7.61. The molecule has 1 fully saturated rings. The van der Waals surface area contributed by atoms with E-state index >= 15 is 0 Å². The van der Waals surface area contributed by atoms with Crippen LogP contribution < -0.4 is 5.32 Å². The van der Waals surface area contributed by atoms with Crippen molar-refractivity contribution in [1.82, 2.24) is 10.2 Å². The Bertz CT molecular complexity index is 398. The average molecular weight is 275 g/mol. The van der Waals surface area contributed by atoms with Gasteiger partial charge in [-0.15, -0.1) is 12.4 Å². The van der Waals surface area contributed by atoms with E-state index in [1.165, 1.54) is 0 Å². The molecule has 0 aliphatic carbocycles. The molecule has 1 atom stereocenters. The lowest BCUT2D eigenvalue weighted by atomic mass is 10.2. The van der Waals surface area contributed by atoms with Crippen LogP contribution in [0.3, 0.4) is 0 Å². The molecule has 1 aliphatic heterocycles. The number of halogens is 2. The molecule has 17 heavy (non-hydrogen) atoms. The summed E-state index contributed by atoms with van der Waals surface area (Å²) in [7, 11) is 1.92. The molecule has 0 saturated carbocycles. The predicted molar refractivity (Wildman–Crippen MR) is 72.1 cm³/mol. The minimum Gasteiger partial charge on any atom is -0.337 e. The first kappa shape index (κ1) is 14.3. The molecule has 1 N–H and O–H groups in total. The maximum atomic E-state index is 12.1. The minimum atomic E-state index is 0.